The maximum Gasteiger partial charge on any atom is 0.400 e. The lowest BCUT2D eigenvalue weighted by Crippen LogP contribution is -2.66. The molecule has 0 aliphatic carbocycles. The van der Waals surface area contributed by atoms with E-state index in [-0.39, 0.29) is 6.42 Å². The summed E-state index contributed by atoms with van der Waals surface area (Å²) in [5.74, 6) is -2.27. The number of aliphatic hydroxyl groups is 4. The van der Waals surface area contributed by atoms with Crippen LogP contribution in [0.2, 0.25) is 25.2 Å². The van der Waals surface area contributed by atoms with E-state index in [4.69, 9.17) is 8.92 Å². The molecule has 0 radical (unpaired) electrons. The Kier molecular flexibility index (Phi) is 12.1. The number of ether oxygens (including phenoxy) is 1. The predicted molar refractivity (Wildman–Crippen MR) is 120 cm³/mol. The van der Waals surface area contributed by atoms with Crippen LogP contribution in [0.1, 0.15) is 64.7 Å². The van der Waals surface area contributed by atoms with Crippen molar-refractivity contribution < 1.29 is 42.3 Å². The molecule has 9 nitrogen and oxygen atoms in total. The van der Waals surface area contributed by atoms with Crippen LogP contribution >= 0.6 is 0 Å². The van der Waals surface area contributed by atoms with Gasteiger partial charge in [-0.2, -0.15) is 8.42 Å². The smallest absolute Gasteiger partial charge is 0.394 e. The lowest BCUT2D eigenvalue weighted by Gasteiger charge is -2.47. The molecule has 11 heteroatoms. The number of hydrogen-bond donors (Lipinski definition) is 5. The largest absolute Gasteiger partial charge is 0.400 e. The Morgan fingerprint density at radius 1 is 0.935 bits per heavy atom. The van der Waals surface area contributed by atoms with Gasteiger partial charge in [-0.25, -0.2) is 4.18 Å². The summed E-state index contributed by atoms with van der Waals surface area (Å²) >= 11 is 0. The lowest BCUT2D eigenvalue weighted by molar-refractivity contribution is -0.338. The van der Waals surface area contributed by atoms with Gasteiger partial charge in [-0.1, -0.05) is 83.5 Å². The lowest BCUT2D eigenvalue weighted by atomic mass is 9.91. The Morgan fingerprint density at radius 3 is 2.00 bits per heavy atom. The molecule has 1 heterocycles. The van der Waals surface area contributed by atoms with Crippen LogP contribution in [0.25, 0.3) is 0 Å². The molecule has 1 rings (SSSR count). The van der Waals surface area contributed by atoms with Crippen molar-refractivity contribution in [3.05, 3.63) is 0 Å². The van der Waals surface area contributed by atoms with Crippen LogP contribution in [0.5, 0.6) is 0 Å². The van der Waals surface area contributed by atoms with E-state index in [1.165, 1.54) is 38.5 Å². The van der Waals surface area contributed by atoms with E-state index in [2.05, 4.69) is 20.0 Å². The third-order valence-electron chi connectivity index (χ3n) is 6.14. The van der Waals surface area contributed by atoms with Crippen molar-refractivity contribution in [3.63, 3.8) is 0 Å². The predicted octanol–water partition coefficient (Wildman–Crippen LogP) is 2.22. The van der Waals surface area contributed by atoms with Crippen molar-refractivity contribution >= 4 is 18.5 Å². The molecule has 0 aromatic carbocycles. The molecule has 0 amide bonds. The number of hydrogen-bond acceptors (Lipinski definition) is 8. The van der Waals surface area contributed by atoms with Crippen molar-refractivity contribution in [2.75, 3.05) is 6.61 Å². The van der Waals surface area contributed by atoms with Gasteiger partial charge in [0.2, 0.25) is 5.79 Å². The van der Waals surface area contributed by atoms with E-state index in [0.717, 1.165) is 18.9 Å². The van der Waals surface area contributed by atoms with Gasteiger partial charge in [0.05, 0.1) is 6.61 Å². The summed E-state index contributed by atoms with van der Waals surface area (Å²) in [6.07, 6.45) is 2.86. The second-order valence-corrected chi connectivity index (χ2v) is 15.8. The SMILES string of the molecule is CCCCCCCCCC[Si](C)(C)CCC1(OS(=O)(=O)O)O[C@H](CO)[C@@H](O)[C@H](O)[C@H]1O. The zero-order valence-corrected chi connectivity index (χ0v) is 20.9. The number of unbranched alkanes of at least 4 members (excludes halogenated alkanes) is 7. The van der Waals surface area contributed by atoms with Crippen LogP contribution in [0.3, 0.4) is 0 Å². The van der Waals surface area contributed by atoms with E-state index < -0.39 is 55.3 Å². The Labute approximate surface area is 187 Å². The molecule has 1 unspecified atom stereocenters. The highest BCUT2D eigenvalue weighted by Gasteiger charge is 2.56. The molecule has 5 atom stereocenters. The minimum absolute atomic E-state index is 0.107. The van der Waals surface area contributed by atoms with Crippen LogP contribution in [0.15, 0.2) is 0 Å². The van der Waals surface area contributed by atoms with Crippen LogP contribution in [-0.4, -0.2) is 78.3 Å². The average Bonchev–Trinajstić information content (AvgIpc) is 2.68. The molecule has 31 heavy (non-hydrogen) atoms. The maximum absolute atomic E-state index is 11.4. The summed E-state index contributed by atoms with van der Waals surface area (Å²) in [6, 6.07) is 1.49. The number of aliphatic hydroxyl groups excluding tert-OH is 4. The topological polar surface area (TPSA) is 154 Å². The molecule has 0 aromatic rings. The molecule has 0 aromatic heterocycles. The minimum atomic E-state index is -5.03. The summed E-state index contributed by atoms with van der Waals surface area (Å²) in [5, 5.41) is 40.0. The summed E-state index contributed by atoms with van der Waals surface area (Å²) < 4.78 is 42.3. The second-order valence-electron chi connectivity index (χ2n) is 9.48. The molecule has 0 bridgehead atoms. The number of rotatable bonds is 15. The fraction of sp³-hybridized carbons (Fsp3) is 1.00. The van der Waals surface area contributed by atoms with Crippen LogP contribution < -0.4 is 0 Å². The fourth-order valence-corrected chi connectivity index (χ4v) is 7.14. The summed E-state index contributed by atoms with van der Waals surface area (Å²) in [7, 11) is -6.88. The minimum Gasteiger partial charge on any atom is -0.394 e. The van der Waals surface area contributed by atoms with Gasteiger partial charge < -0.3 is 25.2 Å². The van der Waals surface area contributed by atoms with Gasteiger partial charge in [-0.15, -0.1) is 0 Å². The van der Waals surface area contributed by atoms with Crippen molar-refractivity contribution in [2.45, 2.75) is 120 Å². The molecule has 5 N–H and O–H groups in total. The van der Waals surface area contributed by atoms with Gasteiger partial charge in [0, 0.05) is 14.5 Å². The zero-order valence-electron chi connectivity index (χ0n) is 19.1. The first-order valence-electron chi connectivity index (χ1n) is 11.4. The summed E-state index contributed by atoms with van der Waals surface area (Å²) in [4.78, 5) is 0. The Hall–Kier alpha value is -0.113. The molecule has 186 valence electrons. The van der Waals surface area contributed by atoms with Gasteiger partial charge in [-0.3, -0.25) is 4.55 Å². The van der Waals surface area contributed by atoms with E-state index in [1.807, 2.05) is 0 Å². The van der Waals surface area contributed by atoms with Crippen molar-refractivity contribution in [3.8, 4) is 0 Å². The standard InChI is InChI=1S/C20H42O9SSi/c1-4-5-6-7-8-9-10-11-13-31(2,3)14-12-20(29-30(25,26)27)19(24)18(23)17(22)16(15-21)28-20/h16-19,21-24H,4-15H2,1-3H3,(H,25,26,27)/t16-,17-,18+,19-,20?/m1/s1. The van der Waals surface area contributed by atoms with Crippen LogP contribution in [0.4, 0.5) is 0 Å². The molecular weight excluding hydrogens is 444 g/mol. The van der Waals surface area contributed by atoms with Gasteiger partial charge in [0.1, 0.15) is 24.4 Å². The molecule has 0 saturated carbocycles. The van der Waals surface area contributed by atoms with Crippen LogP contribution in [0, 0.1) is 0 Å². The average molecular weight is 487 g/mol. The van der Waals surface area contributed by atoms with E-state index >= 15 is 0 Å². The molecule has 0 spiro atoms. The molecular formula is C20H42O9SSi. The quantitative estimate of drug-likeness (QED) is 0.133. The van der Waals surface area contributed by atoms with Gasteiger partial charge in [0.25, 0.3) is 0 Å². The van der Waals surface area contributed by atoms with Crippen molar-refractivity contribution in [1.29, 1.82) is 0 Å². The molecule has 1 fully saturated rings. The first kappa shape index (κ1) is 28.9. The highest BCUT2D eigenvalue weighted by Crippen LogP contribution is 2.38. The summed E-state index contributed by atoms with van der Waals surface area (Å²) in [5.41, 5.74) is 0. The summed E-state index contributed by atoms with van der Waals surface area (Å²) in [6.45, 7) is 5.75. The van der Waals surface area contributed by atoms with Gasteiger partial charge >= 0.3 is 10.4 Å². The highest BCUT2D eigenvalue weighted by molar-refractivity contribution is 7.80. The van der Waals surface area contributed by atoms with E-state index in [9.17, 15) is 33.4 Å². The van der Waals surface area contributed by atoms with Gasteiger partial charge in [0.15, 0.2) is 0 Å². The Balaban J connectivity index is 2.69. The Bertz CT molecular complexity index is 614. The molecule has 1 saturated heterocycles. The molecule has 1 aliphatic heterocycles. The van der Waals surface area contributed by atoms with Gasteiger partial charge in [-0.05, 0) is 0 Å². The fourth-order valence-electron chi connectivity index (χ4n) is 4.08. The molecule has 1 aliphatic rings. The van der Waals surface area contributed by atoms with Crippen LogP contribution in [-0.2, 0) is 19.3 Å². The zero-order chi connectivity index (χ0) is 23.7. The maximum atomic E-state index is 11.4. The highest BCUT2D eigenvalue weighted by atomic mass is 32.3. The second kappa shape index (κ2) is 12.9. The normalized spacial score (nSPS) is 29.9. The van der Waals surface area contributed by atoms with E-state index in [1.54, 1.807) is 0 Å². The first-order valence-corrected chi connectivity index (χ1v) is 16.2. The Morgan fingerprint density at radius 2 is 1.48 bits per heavy atom. The van der Waals surface area contributed by atoms with Crippen molar-refractivity contribution in [1.82, 2.24) is 0 Å². The third-order valence-corrected chi connectivity index (χ3v) is 9.94. The van der Waals surface area contributed by atoms with Crippen molar-refractivity contribution in [2.24, 2.45) is 0 Å². The first-order chi connectivity index (χ1) is 14.4. The monoisotopic (exact) mass is 486 g/mol. The van der Waals surface area contributed by atoms with E-state index in [0.29, 0.717) is 6.04 Å². The third kappa shape index (κ3) is 9.73.